The molecule has 8 heteroatoms. The van der Waals surface area contributed by atoms with Crippen LogP contribution in [0.5, 0.6) is 5.75 Å². The van der Waals surface area contributed by atoms with E-state index in [1.54, 1.807) is 23.7 Å². The van der Waals surface area contributed by atoms with Gasteiger partial charge in [0, 0.05) is 31.7 Å². The number of anilines is 1. The van der Waals surface area contributed by atoms with Crippen LogP contribution in [0, 0.1) is 6.92 Å². The smallest absolute Gasteiger partial charge is 0.341 e. The van der Waals surface area contributed by atoms with Crippen LogP contribution in [0.3, 0.4) is 0 Å². The number of amides is 1. The van der Waals surface area contributed by atoms with E-state index in [1.165, 1.54) is 6.20 Å². The zero-order chi connectivity index (χ0) is 24.1. The number of benzene rings is 2. The van der Waals surface area contributed by atoms with Gasteiger partial charge in [-0.25, -0.2) is 9.48 Å². The lowest BCUT2D eigenvalue weighted by Crippen LogP contribution is -2.48. The number of ether oxygens (including phenoxy) is 2. The van der Waals surface area contributed by atoms with E-state index in [2.05, 4.69) is 16.1 Å². The number of rotatable bonds is 7. The standard InChI is InChI=1S/C26H30N4O4/c1-4-33-24-9-7-6-8-23(24)28-14-16-29(17-15-28)25(31)20-10-12-21(13-11-20)30-19(3)22(18-27-30)26(32)34-5-2/h6-13,18H,4-5,14-17H2,1-3H3. The number of aromatic nitrogens is 2. The van der Waals surface area contributed by atoms with E-state index in [0.717, 1.165) is 30.2 Å². The molecule has 1 aliphatic rings. The molecule has 0 spiro atoms. The summed E-state index contributed by atoms with van der Waals surface area (Å²) in [7, 11) is 0. The number of esters is 1. The van der Waals surface area contributed by atoms with Crippen LogP contribution < -0.4 is 9.64 Å². The topological polar surface area (TPSA) is 76.9 Å². The molecule has 2 heterocycles. The largest absolute Gasteiger partial charge is 0.492 e. The molecule has 3 aromatic rings. The first-order chi connectivity index (χ1) is 16.5. The van der Waals surface area contributed by atoms with Crippen LogP contribution in [0.25, 0.3) is 5.69 Å². The molecule has 178 valence electrons. The molecule has 0 atom stereocenters. The number of piperazine rings is 1. The lowest BCUT2D eigenvalue weighted by molar-refractivity contribution is 0.0525. The molecular formula is C26H30N4O4. The fourth-order valence-corrected chi connectivity index (χ4v) is 4.15. The minimum atomic E-state index is -0.388. The Balaban J connectivity index is 1.41. The molecule has 0 saturated carbocycles. The fraction of sp³-hybridized carbons (Fsp3) is 0.346. The maximum absolute atomic E-state index is 13.1. The van der Waals surface area contributed by atoms with E-state index in [1.807, 2.05) is 49.1 Å². The first kappa shape index (κ1) is 23.4. The van der Waals surface area contributed by atoms with E-state index >= 15 is 0 Å². The Bertz CT molecular complexity index is 1150. The van der Waals surface area contributed by atoms with Gasteiger partial charge in [-0.3, -0.25) is 4.79 Å². The first-order valence-corrected chi connectivity index (χ1v) is 11.6. The quantitative estimate of drug-likeness (QED) is 0.498. The molecule has 34 heavy (non-hydrogen) atoms. The van der Waals surface area contributed by atoms with Crippen LogP contribution in [-0.2, 0) is 4.74 Å². The first-order valence-electron chi connectivity index (χ1n) is 11.6. The van der Waals surface area contributed by atoms with Crippen LogP contribution in [-0.4, -0.2) is 65.9 Å². The molecular weight excluding hydrogens is 432 g/mol. The van der Waals surface area contributed by atoms with E-state index in [9.17, 15) is 9.59 Å². The van der Waals surface area contributed by atoms with Crippen molar-refractivity contribution < 1.29 is 19.1 Å². The van der Waals surface area contributed by atoms with E-state index in [4.69, 9.17) is 9.47 Å². The van der Waals surface area contributed by atoms with Gasteiger partial charge in [-0.05, 0) is 57.2 Å². The van der Waals surface area contributed by atoms with Crippen LogP contribution in [0.15, 0.2) is 54.7 Å². The number of para-hydroxylation sites is 2. The van der Waals surface area contributed by atoms with Gasteiger partial charge in [0.1, 0.15) is 11.3 Å². The van der Waals surface area contributed by atoms with Gasteiger partial charge < -0.3 is 19.3 Å². The molecule has 0 N–H and O–H groups in total. The minimum absolute atomic E-state index is 0.00805. The average molecular weight is 463 g/mol. The highest BCUT2D eigenvalue weighted by Gasteiger charge is 2.24. The molecule has 1 fully saturated rings. The summed E-state index contributed by atoms with van der Waals surface area (Å²) in [6, 6.07) is 15.3. The van der Waals surface area contributed by atoms with Crippen molar-refractivity contribution in [3.8, 4) is 11.4 Å². The van der Waals surface area contributed by atoms with Crippen molar-refractivity contribution in [1.29, 1.82) is 0 Å². The molecule has 2 aromatic carbocycles. The fourth-order valence-electron chi connectivity index (χ4n) is 4.15. The minimum Gasteiger partial charge on any atom is -0.492 e. The summed E-state index contributed by atoms with van der Waals surface area (Å²) in [5.41, 5.74) is 3.61. The van der Waals surface area contributed by atoms with Crippen molar-refractivity contribution >= 4 is 17.6 Å². The highest BCUT2D eigenvalue weighted by molar-refractivity contribution is 5.94. The monoisotopic (exact) mass is 462 g/mol. The van der Waals surface area contributed by atoms with Gasteiger partial charge in [0.05, 0.1) is 36.5 Å². The van der Waals surface area contributed by atoms with Crippen molar-refractivity contribution in [2.45, 2.75) is 20.8 Å². The number of hydrogen-bond acceptors (Lipinski definition) is 6. The highest BCUT2D eigenvalue weighted by Crippen LogP contribution is 2.29. The Kier molecular flexibility index (Phi) is 7.15. The summed E-state index contributed by atoms with van der Waals surface area (Å²) in [6.07, 6.45) is 1.51. The molecule has 1 saturated heterocycles. The number of hydrogen-bond donors (Lipinski definition) is 0. The summed E-state index contributed by atoms with van der Waals surface area (Å²) in [5, 5.41) is 4.32. The van der Waals surface area contributed by atoms with Crippen molar-refractivity contribution in [2.24, 2.45) is 0 Å². The lowest BCUT2D eigenvalue weighted by atomic mass is 10.1. The summed E-state index contributed by atoms with van der Waals surface area (Å²) >= 11 is 0. The van der Waals surface area contributed by atoms with E-state index in [0.29, 0.717) is 43.1 Å². The molecule has 0 bridgehead atoms. The summed E-state index contributed by atoms with van der Waals surface area (Å²) in [4.78, 5) is 29.3. The van der Waals surface area contributed by atoms with Gasteiger partial charge in [-0.2, -0.15) is 5.10 Å². The van der Waals surface area contributed by atoms with Crippen LogP contribution in [0.2, 0.25) is 0 Å². The van der Waals surface area contributed by atoms with Gasteiger partial charge in [-0.15, -0.1) is 0 Å². The SMILES string of the molecule is CCOC(=O)c1cnn(-c2ccc(C(=O)N3CCN(c4ccccc4OCC)CC3)cc2)c1C. The lowest BCUT2D eigenvalue weighted by Gasteiger charge is -2.36. The van der Waals surface area contributed by atoms with Gasteiger partial charge in [0.2, 0.25) is 0 Å². The molecule has 8 nitrogen and oxygen atoms in total. The van der Waals surface area contributed by atoms with E-state index in [-0.39, 0.29) is 11.9 Å². The normalized spacial score (nSPS) is 13.6. The Hall–Kier alpha value is -3.81. The van der Waals surface area contributed by atoms with Gasteiger partial charge in [-0.1, -0.05) is 12.1 Å². The Labute approximate surface area is 199 Å². The average Bonchev–Trinajstić information content (AvgIpc) is 3.26. The summed E-state index contributed by atoms with van der Waals surface area (Å²) in [6.45, 7) is 9.28. The van der Waals surface area contributed by atoms with Crippen LogP contribution in [0.4, 0.5) is 5.69 Å². The molecule has 0 aliphatic carbocycles. The predicted molar refractivity (Wildman–Crippen MR) is 130 cm³/mol. The van der Waals surface area contributed by atoms with Crippen LogP contribution >= 0.6 is 0 Å². The molecule has 1 aromatic heterocycles. The zero-order valence-electron chi connectivity index (χ0n) is 19.9. The maximum atomic E-state index is 13.1. The number of carbonyl (C=O) groups excluding carboxylic acids is 2. The molecule has 4 rings (SSSR count). The van der Waals surface area contributed by atoms with Gasteiger partial charge in [0.25, 0.3) is 5.91 Å². The third-order valence-electron chi connectivity index (χ3n) is 5.94. The van der Waals surface area contributed by atoms with Crippen molar-refractivity contribution in [1.82, 2.24) is 14.7 Å². The van der Waals surface area contributed by atoms with Crippen molar-refractivity contribution in [3.63, 3.8) is 0 Å². The van der Waals surface area contributed by atoms with Crippen molar-refractivity contribution in [2.75, 3.05) is 44.3 Å². The van der Waals surface area contributed by atoms with Gasteiger partial charge >= 0.3 is 5.97 Å². The number of nitrogens with zero attached hydrogens (tertiary/aromatic N) is 4. The predicted octanol–water partition coefficient (Wildman–Crippen LogP) is 3.72. The Morgan fingerprint density at radius 2 is 1.65 bits per heavy atom. The number of carbonyl (C=O) groups is 2. The molecule has 1 aliphatic heterocycles. The zero-order valence-corrected chi connectivity index (χ0v) is 19.9. The highest BCUT2D eigenvalue weighted by atomic mass is 16.5. The summed E-state index contributed by atoms with van der Waals surface area (Å²) < 4.78 is 12.5. The second kappa shape index (κ2) is 10.4. The molecule has 0 unspecified atom stereocenters. The Morgan fingerprint density at radius 1 is 0.941 bits per heavy atom. The third-order valence-corrected chi connectivity index (χ3v) is 5.94. The van der Waals surface area contributed by atoms with Crippen molar-refractivity contribution in [3.05, 3.63) is 71.5 Å². The second-order valence-corrected chi connectivity index (χ2v) is 8.00. The maximum Gasteiger partial charge on any atom is 0.341 e. The molecule has 1 amide bonds. The second-order valence-electron chi connectivity index (χ2n) is 8.00. The molecule has 0 radical (unpaired) electrons. The Morgan fingerprint density at radius 3 is 2.32 bits per heavy atom. The van der Waals surface area contributed by atoms with E-state index < -0.39 is 0 Å². The van der Waals surface area contributed by atoms with Crippen LogP contribution in [0.1, 0.15) is 40.3 Å². The third kappa shape index (κ3) is 4.76. The summed E-state index contributed by atoms with van der Waals surface area (Å²) in [5.74, 6) is 0.496. The van der Waals surface area contributed by atoms with Gasteiger partial charge in [0.15, 0.2) is 0 Å².